The highest BCUT2D eigenvalue weighted by Gasteiger charge is 2.25. The molecule has 1 heterocycles. The molecule has 1 aliphatic rings. The van der Waals surface area contributed by atoms with Crippen molar-refractivity contribution in [3.8, 4) is 0 Å². The maximum absolute atomic E-state index is 13.9. The molecular weight excluding hydrogens is 215 g/mol. The van der Waals surface area contributed by atoms with Gasteiger partial charge in [0.15, 0.2) is 0 Å². The predicted octanol–water partition coefficient (Wildman–Crippen LogP) is 2.77. The number of hydrogen-bond acceptors (Lipinski definition) is 2. The molecule has 1 fully saturated rings. The van der Waals surface area contributed by atoms with E-state index in [1.165, 1.54) is 6.07 Å². The summed E-state index contributed by atoms with van der Waals surface area (Å²) >= 11 is 0. The molecule has 1 aromatic rings. The van der Waals surface area contributed by atoms with Crippen molar-refractivity contribution >= 4 is 5.69 Å². The van der Waals surface area contributed by atoms with Gasteiger partial charge in [-0.25, -0.2) is 4.39 Å². The summed E-state index contributed by atoms with van der Waals surface area (Å²) in [5.41, 5.74) is 7.32. The van der Waals surface area contributed by atoms with Crippen LogP contribution in [0.3, 0.4) is 0 Å². The number of anilines is 1. The van der Waals surface area contributed by atoms with Gasteiger partial charge in [-0.2, -0.15) is 0 Å². The van der Waals surface area contributed by atoms with E-state index in [-0.39, 0.29) is 5.82 Å². The third-order valence-corrected chi connectivity index (χ3v) is 3.94. The van der Waals surface area contributed by atoms with Gasteiger partial charge in [-0.3, -0.25) is 0 Å². The summed E-state index contributed by atoms with van der Waals surface area (Å²) < 4.78 is 13.9. The lowest BCUT2D eigenvalue weighted by Crippen LogP contribution is -2.39. The standard InChI is InChI=1S/C14H21FN2/c1-10-6-7-17(9-11(10)2)14-12(8-16)4-3-5-13(14)15/h3-5,10-11H,6-9,16H2,1-2H3. The van der Waals surface area contributed by atoms with Crippen LogP contribution in [0.4, 0.5) is 10.1 Å². The lowest BCUT2D eigenvalue weighted by atomic mass is 9.88. The van der Waals surface area contributed by atoms with Gasteiger partial charge in [0.2, 0.25) is 0 Å². The molecule has 2 unspecified atom stereocenters. The van der Waals surface area contributed by atoms with Crippen molar-refractivity contribution in [2.24, 2.45) is 17.6 Å². The molecule has 1 saturated heterocycles. The minimum absolute atomic E-state index is 0.144. The maximum Gasteiger partial charge on any atom is 0.146 e. The largest absolute Gasteiger partial charge is 0.369 e. The van der Waals surface area contributed by atoms with Gasteiger partial charge < -0.3 is 10.6 Å². The highest BCUT2D eigenvalue weighted by atomic mass is 19.1. The van der Waals surface area contributed by atoms with E-state index in [1.54, 1.807) is 6.07 Å². The Morgan fingerprint density at radius 2 is 2.12 bits per heavy atom. The Kier molecular flexibility index (Phi) is 3.67. The third-order valence-electron chi connectivity index (χ3n) is 3.94. The molecule has 2 atom stereocenters. The summed E-state index contributed by atoms with van der Waals surface area (Å²) in [6.45, 7) is 6.76. The molecule has 0 spiro atoms. The molecule has 2 rings (SSSR count). The molecule has 0 radical (unpaired) electrons. The van der Waals surface area contributed by atoms with E-state index in [9.17, 15) is 4.39 Å². The highest BCUT2D eigenvalue weighted by Crippen LogP contribution is 2.31. The lowest BCUT2D eigenvalue weighted by Gasteiger charge is -2.37. The molecule has 0 amide bonds. The monoisotopic (exact) mass is 236 g/mol. The Balaban J connectivity index is 2.28. The Morgan fingerprint density at radius 3 is 2.76 bits per heavy atom. The fourth-order valence-corrected chi connectivity index (χ4v) is 2.54. The van der Waals surface area contributed by atoms with E-state index in [4.69, 9.17) is 5.73 Å². The van der Waals surface area contributed by atoms with Crippen molar-refractivity contribution in [1.29, 1.82) is 0 Å². The van der Waals surface area contributed by atoms with E-state index in [2.05, 4.69) is 18.7 Å². The first kappa shape index (κ1) is 12.4. The summed E-state index contributed by atoms with van der Waals surface area (Å²) in [6, 6.07) is 5.18. The summed E-state index contributed by atoms with van der Waals surface area (Å²) in [6.07, 6.45) is 1.12. The van der Waals surface area contributed by atoms with Crippen LogP contribution in [-0.4, -0.2) is 13.1 Å². The zero-order valence-corrected chi connectivity index (χ0v) is 10.6. The van der Waals surface area contributed by atoms with Gasteiger partial charge in [-0.05, 0) is 29.9 Å². The second-order valence-corrected chi connectivity index (χ2v) is 5.14. The predicted molar refractivity (Wildman–Crippen MR) is 69.4 cm³/mol. The number of benzene rings is 1. The Bertz CT molecular complexity index is 392. The van der Waals surface area contributed by atoms with Crippen LogP contribution in [0.1, 0.15) is 25.8 Å². The molecule has 2 N–H and O–H groups in total. The van der Waals surface area contributed by atoms with E-state index < -0.39 is 0 Å². The van der Waals surface area contributed by atoms with Gasteiger partial charge >= 0.3 is 0 Å². The number of hydrogen-bond donors (Lipinski definition) is 1. The molecule has 0 bridgehead atoms. The van der Waals surface area contributed by atoms with Crippen LogP contribution >= 0.6 is 0 Å². The number of rotatable bonds is 2. The van der Waals surface area contributed by atoms with Crippen molar-refractivity contribution < 1.29 is 4.39 Å². The number of nitrogens with two attached hydrogens (primary N) is 1. The molecule has 1 aliphatic heterocycles. The molecule has 1 aromatic carbocycles. The van der Waals surface area contributed by atoms with Crippen LogP contribution in [0.25, 0.3) is 0 Å². The number of piperidine rings is 1. The van der Waals surface area contributed by atoms with Crippen LogP contribution in [0.5, 0.6) is 0 Å². The van der Waals surface area contributed by atoms with Crippen LogP contribution in [0, 0.1) is 17.7 Å². The average Bonchev–Trinajstić information content (AvgIpc) is 2.32. The lowest BCUT2D eigenvalue weighted by molar-refractivity contribution is 0.322. The summed E-state index contributed by atoms with van der Waals surface area (Å²) in [7, 11) is 0. The topological polar surface area (TPSA) is 29.3 Å². The van der Waals surface area contributed by atoms with Crippen LogP contribution in [0.15, 0.2) is 18.2 Å². The second-order valence-electron chi connectivity index (χ2n) is 5.14. The van der Waals surface area contributed by atoms with Gasteiger partial charge in [0.1, 0.15) is 5.82 Å². The number of halogens is 1. The smallest absolute Gasteiger partial charge is 0.146 e. The minimum atomic E-state index is -0.144. The summed E-state index contributed by atoms with van der Waals surface area (Å²) in [5, 5.41) is 0. The quantitative estimate of drug-likeness (QED) is 0.855. The second kappa shape index (κ2) is 5.05. The van der Waals surface area contributed by atoms with Crippen molar-refractivity contribution in [3.05, 3.63) is 29.6 Å². The molecule has 94 valence electrons. The molecule has 0 saturated carbocycles. The van der Waals surface area contributed by atoms with E-state index in [0.29, 0.717) is 18.2 Å². The van der Waals surface area contributed by atoms with Gasteiger partial charge in [-0.1, -0.05) is 26.0 Å². The highest BCUT2D eigenvalue weighted by molar-refractivity contribution is 5.55. The van der Waals surface area contributed by atoms with E-state index in [1.807, 2.05) is 6.07 Å². The van der Waals surface area contributed by atoms with Crippen LogP contribution < -0.4 is 10.6 Å². The number of para-hydroxylation sites is 1. The molecular formula is C14H21FN2. The van der Waals surface area contributed by atoms with Gasteiger partial charge in [0.25, 0.3) is 0 Å². The van der Waals surface area contributed by atoms with Crippen molar-refractivity contribution in [3.63, 3.8) is 0 Å². The van der Waals surface area contributed by atoms with E-state index in [0.717, 1.165) is 31.0 Å². The molecule has 0 aromatic heterocycles. The minimum Gasteiger partial charge on any atom is -0.369 e. The van der Waals surface area contributed by atoms with Crippen LogP contribution in [0.2, 0.25) is 0 Å². The average molecular weight is 236 g/mol. The zero-order valence-electron chi connectivity index (χ0n) is 10.6. The molecule has 2 nitrogen and oxygen atoms in total. The van der Waals surface area contributed by atoms with Crippen LogP contribution in [-0.2, 0) is 6.54 Å². The SMILES string of the molecule is CC1CCN(c2c(F)cccc2CN)CC1C. The zero-order chi connectivity index (χ0) is 12.4. The maximum atomic E-state index is 13.9. The Labute approximate surface area is 103 Å². The fraction of sp³-hybridized carbons (Fsp3) is 0.571. The van der Waals surface area contributed by atoms with Crippen molar-refractivity contribution in [2.45, 2.75) is 26.8 Å². The first-order valence-electron chi connectivity index (χ1n) is 6.36. The van der Waals surface area contributed by atoms with Gasteiger partial charge in [0.05, 0.1) is 5.69 Å². The Morgan fingerprint density at radius 1 is 1.35 bits per heavy atom. The summed E-state index contributed by atoms with van der Waals surface area (Å²) in [4.78, 5) is 2.15. The van der Waals surface area contributed by atoms with Gasteiger partial charge in [0, 0.05) is 19.6 Å². The molecule has 0 aliphatic carbocycles. The molecule has 17 heavy (non-hydrogen) atoms. The molecule has 3 heteroatoms. The van der Waals surface area contributed by atoms with Crippen molar-refractivity contribution in [1.82, 2.24) is 0 Å². The summed E-state index contributed by atoms with van der Waals surface area (Å²) in [5.74, 6) is 1.18. The van der Waals surface area contributed by atoms with Crippen molar-refractivity contribution in [2.75, 3.05) is 18.0 Å². The normalized spacial score (nSPS) is 25.1. The Hall–Kier alpha value is -1.09. The first-order valence-corrected chi connectivity index (χ1v) is 6.36. The number of nitrogens with zero attached hydrogens (tertiary/aromatic N) is 1. The van der Waals surface area contributed by atoms with E-state index >= 15 is 0 Å². The first-order chi connectivity index (χ1) is 8.13. The van der Waals surface area contributed by atoms with Gasteiger partial charge in [-0.15, -0.1) is 0 Å². The fourth-order valence-electron chi connectivity index (χ4n) is 2.54. The third kappa shape index (κ3) is 2.44.